The zero-order chi connectivity index (χ0) is 17.2. The van der Waals surface area contributed by atoms with Crippen LogP contribution in [0.3, 0.4) is 0 Å². The Morgan fingerprint density at radius 3 is 2.54 bits per heavy atom. The predicted octanol–water partition coefficient (Wildman–Crippen LogP) is 2.51. The van der Waals surface area contributed by atoms with Crippen molar-refractivity contribution >= 4 is 15.4 Å². The van der Waals surface area contributed by atoms with Gasteiger partial charge >= 0.3 is 0 Å². The molecule has 124 valence electrons. The Balaban J connectivity index is 1.98. The van der Waals surface area contributed by atoms with E-state index < -0.39 is 20.5 Å². The molecule has 7 nitrogen and oxygen atoms in total. The van der Waals surface area contributed by atoms with Gasteiger partial charge in [-0.1, -0.05) is 24.3 Å². The minimum absolute atomic E-state index is 0.0649. The Morgan fingerprint density at radius 2 is 1.83 bits per heavy atom. The van der Waals surface area contributed by atoms with Crippen molar-refractivity contribution in [1.82, 2.24) is 0 Å². The van der Waals surface area contributed by atoms with Crippen LogP contribution >= 0.6 is 0 Å². The van der Waals surface area contributed by atoms with Gasteiger partial charge in [-0.25, -0.2) is 8.42 Å². The molecule has 0 radical (unpaired) electrons. The van der Waals surface area contributed by atoms with E-state index in [1.807, 2.05) is 0 Å². The van der Waals surface area contributed by atoms with Gasteiger partial charge in [-0.05, 0) is 29.8 Å². The predicted molar refractivity (Wildman–Crippen MR) is 86.0 cm³/mol. The Kier molecular flexibility index (Phi) is 4.22. The van der Waals surface area contributed by atoms with E-state index in [4.69, 9.17) is 9.47 Å². The topological polar surface area (TPSA) is 95.7 Å². The SMILES string of the molecule is O=[N+]([O-])/C=C(\CS(=O)(=O)c1ccccc1)c1ccc2c(c1)OCO2. The first-order chi connectivity index (χ1) is 11.5. The van der Waals surface area contributed by atoms with Gasteiger partial charge in [-0.3, -0.25) is 10.1 Å². The van der Waals surface area contributed by atoms with Crippen LogP contribution in [0, 0.1) is 10.1 Å². The van der Waals surface area contributed by atoms with Crippen LogP contribution in [-0.2, 0) is 9.84 Å². The van der Waals surface area contributed by atoms with Gasteiger partial charge in [0.25, 0.3) is 0 Å². The maximum Gasteiger partial charge on any atom is 0.239 e. The van der Waals surface area contributed by atoms with Crippen molar-refractivity contribution in [2.45, 2.75) is 4.90 Å². The molecular formula is C16H13NO6S. The number of rotatable bonds is 5. The molecule has 3 rings (SSSR count). The van der Waals surface area contributed by atoms with Crippen LogP contribution in [0.15, 0.2) is 59.6 Å². The summed E-state index contributed by atoms with van der Waals surface area (Å²) in [6, 6.07) is 12.5. The van der Waals surface area contributed by atoms with E-state index in [0.717, 1.165) is 0 Å². The standard InChI is InChI=1S/C16H13NO6S/c18-17(19)9-13(10-24(20,21)14-4-2-1-3-5-14)12-6-7-15-16(8-12)23-11-22-15/h1-9H,10-11H2/b13-9+. The molecule has 2 aromatic rings. The third-order valence-corrected chi connectivity index (χ3v) is 5.13. The largest absolute Gasteiger partial charge is 0.454 e. The molecule has 1 heterocycles. The van der Waals surface area contributed by atoms with Crippen LogP contribution in [0.4, 0.5) is 0 Å². The van der Waals surface area contributed by atoms with Gasteiger partial charge in [-0.15, -0.1) is 0 Å². The molecule has 0 saturated heterocycles. The molecule has 0 atom stereocenters. The molecule has 0 amide bonds. The van der Waals surface area contributed by atoms with Crippen molar-refractivity contribution in [2.24, 2.45) is 0 Å². The highest BCUT2D eigenvalue weighted by atomic mass is 32.2. The molecule has 0 aliphatic carbocycles. The van der Waals surface area contributed by atoms with Crippen molar-refractivity contribution in [1.29, 1.82) is 0 Å². The van der Waals surface area contributed by atoms with Crippen LogP contribution < -0.4 is 9.47 Å². The first-order valence-electron chi connectivity index (χ1n) is 6.98. The van der Waals surface area contributed by atoms with E-state index in [2.05, 4.69) is 0 Å². The third kappa shape index (κ3) is 3.38. The van der Waals surface area contributed by atoms with Gasteiger partial charge in [0.1, 0.15) is 0 Å². The minimum atomic E-state index is -3.71. The lowest BCUT2D eigenvalue weighted by atomic mass is 10.1. The summed E-state index contributed by atoms with van der Waals surface area (Å²) in [7, 11) is -3.71. The van der Waals surface area contributed by atoms with Gasteiger partial charge < -0.3 is 9.47 Å². The summed E-state index contributed by atoms with van der Waals surface area (Å²) in [4.78, 5) is 10.4. The monoisotopic (exact) mass is 347 g/mol. The summed E-state index contributed by atoms with van der Waals surface area (Å²) in [5.74, 6) is 0.460. The van der Waals surface area contributed by atoms with E-state index in [-0.39, 0.29) is 17.3 Å². The average Bonchev–Trinajstić information content (AvgIpc) is 3.02. The van der Waals surface area contributed by atoms with E-state index in [1.165, 1.54) is 18.2 Å². The van der Waals surface area contributed by atoms with Gasteiger partial charge in [0, 0.05) is 5.57 Å². The molecule has 8 heteroatoms. The summed E-state index contributed by atoms with van der Waals surface area (Å²) in [6.45, 7) is 0.0649. The quantitative estimate of drug-likeness (QED) is 0.609. The average molecular weight is 347 g/mol. The molecule has 1 aliphatic heterocycles. The second-order valence-electron chi connectivity index (χ2n) is 5.08. The van der Waals surface area contributed by atoms with Crippen molar-refractivity contribution in [3.8, 4) is 11.5 Å². The van der Waals surface area contributed by atoms with E-state index >= 15 is 0 Å². The third-order valence-electron chi connectivity index (χ3n) is 3.45. The molecule has 0 bridgehead atoms. The van der Waals surface area contributed by atoms with Crippen LogP contribution in [0.1, 0.15) is 5.56 Å². The number of nitro groups is 1. The second-order valence-corrected chi connectivity index (χ2v) is 7.07. The fourth-order valence-electron chi connectivity index (χ4n) is 2.33. The Labute approximate surface area is 138 Å². The maximum atomic E-state index is 12.5. The normalized spacial score (nSPS) is 13.8. The lowest BCUT2D eigenvalue weighted by Gasteiger charge is -2.08. The fourth-order valence-corrected chi connectivity index (χ4v) is 3.72. The highest BCUT2D eigenvalue weighted by Crippen LogP contribution is 2.35. The molecule has 1 aliphatic rings. The Bertz CT molecular complexity index is 905. The number of benzene rings is 2. The molecule has 0 fully saturated rings. The summed E-state index contributed by atoms with van der Waals surface area (Å²) >= 11 is 0. The fraction of sp³-hybridized carbons (Fsp3) is 0.125. The second kappa shape index (κ2) is 6.32. The van der Waals surface area contributed by atoms with Gasteiger partial charge in [-0.2, -0.15) is 0 Å². The summed E-state index contributed by atoms with van der Waals surface area (Å²) in [5, 5.41) is 10.9. The van der Waals surface area contributed by atoms with E-state index in [9.17, 15) is 18.5 Å². The molecule has 0 saturated carbocycles. The Morgan fingerprint density at radius 1 is 1.12 bits per heavy atom. The summed E-state index contributed by atoms with van der Waals surface area (Å²) in [6.07, 6.45) is 0.706. The summed E-state index contributed by atoms with van der Waals surface area (Å²) < 4.78 is 35.5. The van der Waals surface area contributed by atoms with Crippen molar-refractivity contribution < 1.29 is 22.8 Å². The first kappa shape index (κ1) is 16.0. The van der Waals surface area contributed by atoms with Gasteiger partial charge in [0.05, 0.1) is 15.6 Å². The van der Waals surface area contributed by atoms with Gasteiger partial charge in [0.15, 0.2) is 21.3 Å². The first-order valence-corrected chi connectivity index (χ1v) is 8.63. The molecule has 0 unspecified atom stereocenters. The highest BCUT2D eigenvalue weighted by molar-refractivity contribution is 7.91. The van der Waals surface area contributed by atoms with E-state index in [0.29, 0.717) is 23.3 Å². The van der Waals surface area contributed by atoms with Crippen molar-refractivity contribution in [3.05, 3.63) is 70.4 Å². The van der Waals surface area contributed by atoms with Crippen LogP contribution in [-0.4, -0.2) is 25.9 Å². The zero-order valence-corrected chi connectivity index (χ0v) is 13.2. The highest BCUT2D eigenvalue weighted by Gasteiger charge is 2.22. The van der Waals surface area contributed by atoms with Gasteiger partial charge in [0.2, 0.25) is 13.0 Å². The number of fused-ring (bicyclic) bond motifs is 1. The number of sulfone groups is 1. The summed E-state index contributed by atoms with van der Waals surface area (Å²) in [5.41, 5.74) is 0.470. The van der Waals surface area contributed by atoms with Crippen LogP contribution in [0.5, 0.6) is 11.5 Å². The smallest absolute Gasteiger partial charge is 0.239 e. The number of hydrogen-bond donors (Lipinski definition) is 0. The number of nitrogens with zero attached hydrogens (tertiary/aromatic N) is 1. The molecule has 0 N–H and O–H groups in total. The molecular weight excluding hydrogens is 334 g/mol. The van der Waals surface area contributed by atoms with E-state index in [1.54, 1.807) is 30.3 Å². The minimum Gasteiger partial charge on any atom is -0.454 e. The number of hydrogen-bond acceptors (Lipinski definition) is 6. The van der Waals surface area contributed by atoms with Crippen LogP contribution in [0.25, 0.3) is 5.57 Å². The van der Waals surface area contributed by atoms with Crippen molar-refractivity contribution in [2.75, 3.05) is 12.5 Å². The lowest BCUT2D eigenvalue weighted by molar-refractivity contribution is -0.401. The van der Waals surface area contributed by atoms with Crippen LogP contribution in [0.2, 0.25) is 0 Å². The zero-order valence-electron chi connectivity index (χ0n) is 12.4. The Hall–Kier alpha value is -2.87. The molecule has 24 heavy (non-hydrogen) atoms. The molecule has 0 aromatic heterocycles. The molecule has 2 aromatic carbocycles. The molecule has 0 spiro atoms. The maximum absolute atomic E-state index is 12.5. The lowest BCUT2D eigenvalue weighted by Crippen LogP contribution is -2.09. The van der Waals surface area contributed by atoms with Crippen molar-refractivity contribution in [3.63, 3.8) is 0 Å². The number of ether oxygens (including phenoxy) is 2.